The van der Waals surface area contributed by atoms with Crippen molar-refractivity contribution in [3.05, 3.63) is 24.3 Å². The van der Waals surface area contributed by atoms with Gasteiger partial charge in [-0.1, -0.05) is 6.92 Å². The van der Waals surface area contributed by atoms with Crippen LogP contribution in [-0.4, -0.2) is 26.6 Å². The first-order chi connectivity index (χ1) is 7.27. The van der Waals surface area contributed by atoms with E-state index in [-0.39, 0.29) is 0 Å². The highest BCUT2D eigenvalue weighted by Gasteiger charge is 2.13. The van der Waals surface area contributed by atoms with Gasteiger partial charge in [0.15, 0.2) is 0 Å². The van der Waals surface area contributed by atoms with E-state index in [9.17, 15) is 5.11 Å². The van der Waals surface area contributed by atoms with E-state index in [2.05, 4.69) is 9.97 Å². The van der Waals surface area contributed by atoms with Crippen molar-refractivity contribution in [2.24, 2.45) is 0 Å². The third-order valence-corrected chi connectivity index (χ3v) is 2.35. The van der Waals surface area contributed by atoms with Crippen molar-refractivity contribution < 1.29 is 9.84 Å². The highest BCUT2D eigenvalue weighted by atomic mass is 16.5. The minimum absolute atomic E-state index is 0.465. The van der Waals surface area contributed by atoms with Gasteiger partial charge in [-0.25, -0.2) is 9.97 Å². The molecule has 0 fully saturated rings. The number of aliphatic hydroxyl groups is 1. The molecule has 1 unspecified atom stereocenters. The molecule has 0 saturated carbocycles. The maximum Gasteiger partial charge on any atom is 0.258 e. The van der Waals surface area contributed by atoms with Gasteiger partial charge in [-0.3, -0.25) is 4.40 Å². The molecule has 2 aromatic rings. The minimum atomic E-state index is -0.507. The molecule has 2 aromatic heterocycles. The maximum absolute atomic E-state index is 9.76. The quantitative estimate of drug-likeness (QED) is 0.821. The Morgan fingerprint density at radius 3 is 3.00 bits per heavy atom. The summed E-state index contributed by atoms with van der Waals surface area (Å²) in [5, 5.41) is 9.76. The largest absolute Gasteiger partial charge is 0.478 e. The van der Waals surface area contributed by atoms with Crippen LogP contribution in [0.5, 0.6) is 5.88 Å². The second kappa shape index (κ2) is 3.86. The zero-order valence-corrected chi connectivity index (χ0v) is 8.71. The highest BCUT2D eigenvalue weighted by molar-refractivity contribution is 5.50. The molecule has 1 N–H and O–H groups in total. The van der Waals surface area contributed by atoms with Crippen molar-refractivity contribution in [2.45, 2.75) is 19.4 Å². The number of nitrogens with zero attached hydrogens (tertiary/aromatic N) is 3. The van der Waals surface area contributed by atoms with E-state index in [1.165, 1.54) is 0 Å². The number of aliphatic hydroxyl groups excluding tert-OH is 1. The summed E-state index contributed by atoms with van der Waals surface area (Å²) in [6.45, 7) is 1.92. The van der Waals surface area contributed by atoms with Crippen LogP contribution in [0.2, 0.25) is 0 Å². The van der Waals surface area contributed by atoms with Gasteiger partial charge in [0.1, 0.15) is 0 Å². The molecule has 0 spiro atoms. The average molecular weight is 207 g/mol. The fourth-order valence-electron chi connectivity index (χ4n) is 1.51. The van der Waals surface area contributed by atoms with Gasteiger partial charge in [0.25, 0.3) is 5.88 Å². The number of fused-ring (bicyclic) bond motifs is 1. The number of imidazole rings is 1. The zero-order chi connectivity index (χ0) is 10.8. The lowest BCUT2D eigenvalue weighted by Gasteiger charge is -2.07. The van der Waals surface area contributed by atoms with Crippen molar-refractivity contribution in [2.75, 3.05) is 7.11 Å². The zero-order valence-electron chi connectivity index (χ0n) is 8.71. The van der Waals surface area contributed by atoms with Crippen LogP contribution in [0, 0.1) is 0 Å². The summed E-state index contributed by atoms with van der Waals surface area (Å²) in [7, 11) is 1.55. The van der Waals surface area contributed by atoms with E-state index in [0.29, 0.717) is 17.9 Å². The molecular weight excluding hydrogens is 194 g/mol. The molecule has 15 heavy (non-hydrogen) atoms. The lowest BCUT2D eigenvalue weighted by molar-refractivity contribution is 0.168. The number of ether oxygens (including phenoxy) is 1. The van der Waals surface area contributed by atoms with Crippen LogP contribution in [0.4, 0.5) is 0 Å². The fourth-order valence-corrected chi connectivity index (χ4v) is 1.51. The van der Waals surface area contributed by atoms with E-state index in [0.717, 1.165) is 5.69 Å². The SMILES string of the molecule is CCC(O)c1cnc2c(OC)nccn12. The van der Waals surface area contributed by atoms with Crippen molar-refractivity contribution in [1.29, 1.82) is 0 Å². The number of hydrogen-bond acceptors (Lipinski definition) is 4. The molecule has 2 rings (SSSR count). The van der Waals surface area contributed by atoms with E-state index in [1.807, 2.05) is 6.92 Å². The van der Waals surface area contributed by atoms with Gasteiger partial charge < -0.3 is 9.84 Å². The first kappa shape index (κ1) is 9.92. The maximum atomic E-state index is 9.76. The monoisotopic (exact) mass is 207 g/mol. The molecule has 5 nitrogen and oxygen atoms in total. The van der Waals surface area contributed by atoms with E-state index in [1.54, 1.807) is 30.1 Å². The molecule has 2 heterocycles. The van der Waals surface area contributed by atoms with Crippen LogP contribution in [0.1, 0.15) is 25.1 Å². The molecule has 1 atom stereocenters. The molecule has 0 aliphatic heterocycles. The van der Waals surface area contributed by atoms with Crippen LogP contribution < -0.4 is 4.74 Å². The van der Waals surface area contributed by atoms with Gasteiger partial charge in [-0.05, 0) is 6.42 Å². The number of methoxy groups -OCH3 is 1. The summed E-state index contributed by atoms with van der Waals surface area (Å²) in [6, 6.07) is 0. The Hall–Kier alpha value is -1.62. The summed E-state index contributed by atoms with van der Waals surface area (Å²) in [5.74, 6) is 0.465. The van der Waals surface area contributed by atoms with Crippen molar-refractivity contribution in [3.63, 3.8) is 0 Å². The summed E-state index contributed by atoms with van der Waals surface area (Å²) in [4.78, 5) is 8.21. The van der Waals surface area contributed by atoms with Crippen LogP contribution in [0.3, 0.4) is 0 Å². The van der Waals surface area contributed by atoms with E-state index >= 15 is 0 Å². The number of hydrogen-bond donors (Lipinski definition) is 1. The predicted octanol–water partition coefficient (Wildman–Crippen LogP) is 1.18. The summed E-state index contributed by atoms with van der Waals surface area (Å²) < 4.78 is 6.87. The number of aromatic nitrogens is 3. The van der Waals surface area contributed by atoms with E-state index < -0.39 is 6.10 Å². The minimum Gasteiger partial charge on any atom is -0.478 e. The Morgan fingerprint density at radius 2 is 2.33 bits per heavy atom. The van der Waals surface area contributed by atoms with Crippen LogP contribution in [-0.2, 0) is 0 Å². The molecule has 0 aliphatic rings. The van der Waals surface area contributed by atoms with Gasteiger partial charge in [0.05, 0.1) is 25.1 Å². The molecule has 0 amide bonds. The van der Waals surface area contributed by atoms with Gasteiger partial charge in [-0.15, -0.1) is 0 Å². The first-order valence-electron chi connectivity index (χ1n) is 4.82. The highest BCUT2D eigenvalue weighted by Crippen LogP contribution is 2.21. The van der Waals surface area contributed by atoms with Gasteiger partial charge >= 0.3 is 0 Å². The number of rotatable bonds is 3. The van der Waals surface area contributed by atoms with Gasteiger partial charge in [-0.2, -0.15) is 0 Å². The molecule has 0 bridgehead atoms. The summed E-state index contributed by atoms with van der Waals surface area (Å²) >= 11 is 0. The van der Waals surface area contributed by atoms with Crippen molar-refractivity contribution in [1.82, 2.24) is 14.4 Å². The average Bonchev–Trinajstić information content (AvgIpc) is 2.71. The molecule has 0 radical (unpaired) electrons. The van der Waals surface area contributed by atoms with Gasteiger partial charge in [0.2, 0.25) is 5.65 Å². The third-order valence-electron chi connectivity index (χ3n) is 2.35. The smallest absolute Gasteiger partial charge is 0.258 e. The second-order valence-corrected chi connectivity index (χ2v) is 3.24. The normalized spacial score (nSPS) is 13.0. The molecule has 0 saturated heterocycles. The lowest BCUT2D eigenvalue weighted by Crippen LogP contribution is -2.01. The second-order valence-electron chi connectivity index (χ2n) is 3.24. The molecular formula is C10H13N3O2. The first-order valence-corrected chi connectivity index (χ1v) is 4.82. The van der Waals surface area contributed by atoms with Crippen LogP contribution in [0.15, 0.2) is 18.6 Å². The molecule has 80 valence electrons. The topological polar surface area (TPSA) is 59.7 Å². The Balaban J connectivity index is 2.60. The Morgan fingerprint density at radius 1 is 1.53 bits per heavy atom. The molecule has 0 aliphatic carbocycles. The fraction of sp³-hybridized carbons (Fsp3) is 0.400. The van der Waals surface area contributed by atoms with Crippen LogP contribution in [0.25, 0.3) is 5.65 Å². The Kier molecular flexibility index (Phi) is 2.55. The molecule has 0 aromatic carbocycles. The Labute approximate surface area is 87.4 Å². The van der Waals surface area contributed by atoms with Gasteiger partial charge in [0, 0.05) is 12.4 Å². The van der Waals surface area contributed by atoms with E-state index in [4.69, 9.17) is 4.74 Å². The van der Waals surface area contributed by atoms with Crippen LogP contribution >= 0.6 is 0 Å². The third kappa shape index (κ3) is 1.55. The summed E-state index contributed by atoms with van der Waals surface area (Å²) in [6.07, 6.45) is 5.18. The predicted molar refractivity (Wildman–Crippen MR) is 54.8 cm³/mol. The Bertz CT molecular complexity index is 467. The summed E-state index contributed by atoms with van der Waals surface area (Å²) in [5.41, 5.74) is 1.38. The standard InChI is InChI=1S/C10H13N3O2/c1-3-8(14)7-6-12-9-10(15-2)11-4-5-13(7)9/h4-6,8,14H,3H2,1-2H3. The van der Waals surface area contributed by atoms with Crippen molar-refractivity contribution in [3.8, 4) is 5.88 Å². The lowest BCUT2D eigenvalue weighted by atomic mass is 10.2. The molecule has 5 heteroatoms. The van der Waals surface area contributed by atoms with Crippen molar-refractivity contribution >= 4 is 5.65 Å².